The number of H-pyrrole nitrogens is 1. The number of rotatable bonds is 5. The molecule has 0 unspecified atom stereocenters. The number of benzene rings is 2. The highest BCUT2D eigenvalue weighted by molar-refractivity contribution is 5.92. The fourth-order valence-corrected chi connectivity index (χ4v) is 2.18. The van der Waals surface area contributed by atoms with E-state index in [2.05, 4.69) is 15.3 Å². The normalized spacial score (nSPS) is 10.4. The van der Waals surface area contributed by atoms with E-state index in [0.717, 1.165) is 17.1 Å². The molecule has 2 aromatic carbocycles. The molecule has 1 amide bonds. The van der Waals surface area contributed by atoms with Gasteiger partial charge in [0.15, 0.2) is 6.61 Å². The molecule has 5 nitrogen and oxygen atoms in total. The van der Waals surface area contributed by atoms with E-state index in [0.29, 0.717) is 11.4 Å². The zero-order chi connectivity index (χ0) is 16.9. The third-order valence-electron chi connectivity index (χ3n) is 3.37. The van der Waals surface area contributed by atoms with Crippen LogP contribution in [0.1, 0.15) is 5.82 Å². The van der Waals surface area contributed by atoms with Crippen LogP contribution in [0.5, 0.6) is 5.75 Å². The number of carbonyl (C=O) groups is 1. The molecule has 0 aliphatic rings. The van der Waals surface area contributed by atoms with Crippen molar-refractivity contribution < 1.29 is 13.9 Å². The molecule has 0 bridgehead atoms. The molecular weight excluding hydrogens is 309 g/mol. The first-order valence-electron chi connectivity index (χ1n) is 7.40. The van der Waals surface area contributed by atoms with Gasteiger partial charge in [-0.05, 0) is 48.9 Å². The molecule has 0 radical (unpaired) electrons. The molecular formula is C18H16FN3O2. The van der Waals surface area contributed by atoms with Gasteiger partial charge < -0.3 is 15.0 Å². The van der Waals surface area contributed by atoms with E-state index in [1.54, 1.807) is 18.3 Å². The summed E-state index contributed by atoms with van der Waals surface area (Å²) in [6, 6.07) is 12.9. The van der Waals surface area contributed by atoms with Crippen LogP contribution < -0.4 is 10.1 Å². The summed E-state index contributed by atoms with van der Waals surface area (Å²) in [5.41, 5.74) is 2.57. The van der Waals surface area contributed by atoms with Gasteiger partial charge >= 0.3 is 0 Å². The molecule has 0 fully saturated rings. The number of aromatic nitrogens is 2. The van der Waals surface area contributed by atoms with Crippen molar-refractivity contribution in [1.82, 2.24) is 9.97 Å². The number of nitrogens with one attached hydrogen (secondary N) is 2. The van der Waals surface area contributed by atoms with Gasteiger partial charge in [-0.3, -0.25) is 4.79 Å². The van der Waals surface area contributed by atoms with E-state index < -0.39 is 0 Å². The first-order valence-corrected chi connectivity index (χ1v) is 7.40. The van der Waals surface area contributed by atoms with Crippen molar-refractivity contribution in [3.05, 3.63) is 66.4 Å². The Morgan fingerprint density at radius 1 is 1.17 bits per heavy atom. The minimum absolute atomic E-state index is 0.146. The van der Waals surface area contributed by atoms with Gasteiger partial charge in [0.2, 0.25) is 0 Å². The van der Waals surface area contributed by atoms with Crippen molar-refractivity contribution >= 4 is 11.6 Å². The Morgan fingerprint density at radius 2 is 1.88 bits per heavy atom. The van der Waals surface area contributed by atoms with E-state index >= 15 is 0 Å². The number of hydrogen-bond acceptors (Lipinski definition) is 3. The highest BCUT2D eigenvalue weighted by Crippen LogP contribution is 2.19. The topological polar surface area (TPSA) is 67.0 Å². The van der Waals surface area contributed by atoms with E-state index in [1.807, 2.05) is 19.1 Å². The van der Waals surface area contributed by atoms with Gasteiger partial charge in [-0.2, -0.15) is 0 Å². The Labute approximate surface area is 138 Å². The van der Waals surface area contributed by atoms with Gasteiger partial charge in [0.1, 0.15) is 17.4 Å². The molecule has 0 atom stereocenters. The Balaban J connectivity index is 1.55. The number of nitrogens with zero attached hydrogens (tertiary/aromatic N) is 1. The maximum Gasteiger partial charge on any atom is 0.262 e. The molecule has 2 N–H and O–H groups in total. The lowest BCUT2D eigenvalue weighted by atomic mass is 10.1. The molecule has 1 aromatic heterocycles. The predicted molar refractivity (Wildman–Crippen MR) is 89.3 cm³/mol. The van der Waals surface area contributed by atoms with Crippen LogP contribution in [0.2, 0.25) is 0 Å². The molecule has 3 aromatic rings. The average Bonchev–Trinajstić information content (AvgIpc) is 3.01. The van der Waals surface area contributed by atoms with E-state index in [9.17, 15) is 9.18 Å². The lowest BCUT2D eigenvalue weighted by Crippen LogP contribution is -2.20. The Bertz CT molecular complexity index is 826. The van der Waals surface area contributed by atoms with Crippen LogP contribution in [0.4, 0.5) is 10.1 Å². The fourth-order valence-electron chi connectivity index (χ4n) is 2.18. The minimum atomic E-state index is -0.348. The second kappa shape index (κ2) is 6.95. The summed E-state index contributed by atoms with van der Waals surface area (Å²) in [7, 11) is 0. The summed E-state index contributed by atoms with van der Waals surface area (Å²) in [6.45, 7) is 1.74. The maximum atomic E-state index is 12.8. The SMILES string of the molecule is Cc1ncc(-c2ccc(NC(=O)COc3ccc(F)cc3)cc2)[nH]1. The molecule has 0 saturated heterocycles. The molecule has 0 aliphatic carbocycles. The van der Waals surface area contributed by atoms with Gasteiger partial charge in [0.05, 0.1) is 11.9 Å². The maximum absolute atomic E-state index is 12.8. The van der Waals surface area contributed by atoms with Gasteiger partial charge in [-0.25, -0.2) is 9.37 Å². The average molecular weight is 325 g/mol. The van der Waals surface area contributed by atoms with Gasteiger partial charge in [0, 0.05) is 5.69 Å². The number of aryl methyl sites for hydroxylation is 1. The van der Waals surface area contributed by atoms with Crippen LogP contribution in [0.15, 0.2) is 54.7 Å². The van der Waals surface area contributed by atoms with Crippen molar-refractivity contribution in [2.24, 2.45) is 0 Å². The fraction of sp³-hybridized carbons (Fsp3) is 0.111. The standard InChI is InChI=1S/C18H16FN3O2/c1-12-20-10-17(21-12)13-2-6-15(7-3-13)22-18(23)11-24-16-8-4-14(19)5-9-16/h2-10H,11H2,1H3,(H,20,21)(H,22,23). The van der Waals surface area contributed by atoms with Crippen LogP contribution in [-0.4, -0.2) is 22.5 Å². The Morgan fingerprint density at radius 3 is 2.50 bits per heavy atom. The van der Waals surface area contributed by atoms with E-state index in [-0.39, 0.29) is 18.3 Å². The molecule has 3 rings (SSSR count). The van der Waals surface area contributed by atoms with Crippen molar-refractivity contribution in [3.8, 4) is 17.0 Å². The smallest absolute Gasteiger partial charge is 0.262 e. The molecule has 1 heterocycles. The third kappa shape index (κ3) is 3.98. The molecule has 6 heteroatoms. The second-order valence-electron chi connectivity index (χ2n) is 5.25. The Hall–Kier alpha value is -3.15. The van der Waals surface area contributed by atoms with Gasteiger partial charge in [-0.1, -0.05) is 12.1 Å². The van der Waals surface area contributed by atoms with Gasteiger partial charge in [-0.15, -0.1) is 0 Å². The number of imidazole rings is 1. The molecule has 0 aliphatic heterocycles. The number of aromatic amines is 1. The minimum Gasteiger partial charge on any atom is -0.484 e. The number of anilines is 1. The molecule has 122 valence electrons. The third-order valence-corrected chi connectivity index (χ3v) is 3.37. The summed E-state index contributed by atoms with van der Waals surface area (Å²) in [5, 5.41) is 2.74. The zero-order valence-corrected chi connectivity index (χ0v) is 13.0. The lowest BCUT2D eigenvalue weighted by molar-refractivity contribution is -0.118. The first-order chi connectivity index (χ1) is 11.6. The number of ether oxygens (including phenoxy) is 1. The summed E-state index contributed by atoms with van der Waals surface area (Å²) in [5.74, 6) is 0.653. The van der Waals surface area contributed by atoms with Crippen molar-refractivity contribution in [3.63, 3.8) is 0 Å². The number of hydrogen-bond donors (Lipinski definition) is 2. The first kappa shape index (κ1) is 15.7. The second-order valence-corrected chi connectivity index (χ2v) is 5.25. The summed E-state index contributed by atoms with van der Waals surface area (Å²) in [4.78, 5) is 19.2. The van der Waals surface area contributed by atoms with E-state index in [1.165, 1.54) is 24.3 Å². The summed E-state index contributed by atoms with van der Waals surface area (Å²) in [6.07, 6.45) is 1.76. The number of carbonyl (C=O) groups excluding carboxylic acids is 1. The number of amides is 1. The molecule has 24 heavy (non-hydrogen) atoms. The van der Waals surface area contributed by atoms with Crippen LogP contribution in [0, 0.1) is 12.7 Å². The monoisotopic (exact) mass is 325 g/mol. The highest BCUT2D eigenvalue weighted by atomic mass is 19.1. The predicted octanol–water partition coefficient (Wildman–Crippen LogP) is 3.54. The summed E-state index contributed by atoms with van der Waals surface area (Å²) < 4.78 is 18.1. The largest absolute Gasteiger partial charge is 0.484 e. The van der Waals surface area contributed by atoms with Crippen LogP contribution in [0.3, 0.4) is 0 Å². The van der Waals surface area contributed by atoms with Crippen molar-refractivity contribution in [2.45, 2.75) is 6.92 Å². The van der Waals surface area contributed by atoms with Crippen molar-refractivity contribution in [2.75, 3.05) is 11.9 Å². The van der Waals surface area contributed by atoms with Gasteiger partial charge in [0.25, 0.3) is 5.91 Å². The summed E-state index contributed by atoms with van der Waals surface area (Å²) >= 11 is 0. The molecule has 0 spiro atoms. The van der Waals surface area contributed by atoms with Crippen LogP contribution >= 0.6 is 0 Å². The highest BCUT2D eigenvalue weighted by Gasteiger charge is 2.05. The van der Waals surface area contributed by atoms with Crippen molar-refractivity contribution in [1.29, 1.82) is 0 Å². The molecule has 0 saturated carbocycles. The Kier molecular flexibility index (Phi) is 4.56. The quantitative estimate of drug-likeness (QED) is 0.754. The van der Waals surface area contributed by atoms with Crippen LogP contribution in [-0.2, 0) is 4.79 Å². The van der Waals surface area contributed by atoms with Crippen LogP contribution in [0.25, 0.3) is 11.3 Å². The lowest BCUT2D eigenvalue weighted by Gasteiger charge is -2.08. The number of halogens is 1. The van der Waals surface area contributed by atoms with E-state index in [4.69, 9.17) is 4.74 Å². The zero-order valence-electron chi connectivity index (χ0n) is 13.0.